The number of halogens is 1. The molecule has 0 aromatic heterocycles. The summed E-state index contributed by atoms with van der Waals surface area (Å²) in [5.74, 6) is 0.887. The predicted molar refractivity (Wildman–Crippen MR) is 71.3 cm³/mol. The molecule has 16 heavy (non-hydrogen) atoms. The van der Waals surface area contributed by atoms with Crippen LogP contribution in [-0.2, 0) is 0 Å². The van der Waals surface area contributed by atoms with Gasteiger partial charge in [0, 0.05) is 6.04 Å². The van der Waals surface area contributed by atoms with Crippen molar-refractivity contribution in [1.82, 2.24) is 0 Å². The van der Waals surface area contributed by atoms with Gasteiger partial charge in [0.25, 0.3) is 0 Å². The minimum atomic E-state index is 0. The number of benzene rings is 1. The van der Waals surface area contributed by atoms with Crippen LogP contribution >= 0.6 is 12.4 Å². The Labute approximate surface area is 105 Å². The second-order valence-corrected chi connectivity index (χ2v) is 3.88. The van der Waals surface area contributed by atoms with E-state index in [1.807, 2.05) is 18.2 Å². The van der Waals surface area contributed by atoms with Gasteiger partial charge >= 0.3 is 0 Å². The van der Waals surface area contributed by atoms with Crippen LogP contribution in [0.2, 0.25) is 0 Å². The molecule has 2 nitrogen and oxygen atoms in total. The Morgan fingerprint density at radius 3 is 2.69 bits per heavy atom. The fourth-order valence-electron chi connectivity index (χ4n) is 1.65. The molecule has 0 bridgehead atoms. The normalized spacial score (nSPS) is 11.7. The first-order valence-corrected chi connectivity index (χ1v) is 5.67. The van der Waals surface area contributed by atoms with Crippen molar-refractivity contribution in [3.05, 3.63) is 29.8 Å². The molecule has 1 aromatic rings. The molecule has 0 fully saturated rings. The van der Waals surface area contributed by atoms with Crippen LogP contribution in [0.3, 0.4) is 0 Å². The van der Waals surface area contributed by atoms with Crippen molar-refractivity contribution in [3.63, 3.8) is 0 Å². The van der Waals surface area contributed by atoms with Crippen molar-refractivity contribution in [2.24, 2.45) is 5.73 Å². The highest BCUT2D eigenvalue weighted by Gasteiger charge is 2.05. The third kappa shape index (κ3) is 4.86. The van der Waals surface area contributed by atoms with E-state index in [1.165, 1.54) is 24.8 Å². The smallest absolute Gasteiger partial charge is 0.119 e. The monoisotopic (exact) mass is 243 g/mol. The lowest BCUT2D eigenvalue weighted by molar-refractivity contribution is 0.413. The third-order valence-electron chi connectivity index (χ3n) is 2.64. The molecule has 92 valence electrons. The van der Waals surface area contributed by atoms with E-state index < -0.39 is 0 Å². The van der Waals surface area contributed by atoms with Gasteiger partial charge in [-0.2, -0.15) is 0 Å². The van der Waals surface area contributed by atoms with Crippen LogP contribution < -0.4 is 10.5 Å². The van der Waals surface area contributed by atoms with Crippen LogP contribution in [0.15, 0.2) is 24.3 Å². The Balaban J connectivity index is 0.00000225. The predicted octanol–water partition coefficient (Wildman–Crippen LogP) is 3.70. The third-order valence-corrected chi connectivity index (χ3v) is 2.64. The van der Waals surface area contributed by atoms with Gasteiger partial charge in [-0.3, -0.25) is 0 Å². The summed E-state index contributed by atoms with van der Waals surface area (Å²) in [4.78, 5) is 0. The molecule has 1 rings (SSSR count). The number of hydrogen-bond donors (Lipinski definition) is 1. The molecule has 0 aliphatic carbocycles. The largest absolute Gasteiger partial charge is 0.497 e. The van der Waals surface area contributed by atoms with Gasteiger partial charge in [0.15, 0.2) is 0 Å². The number of ether oxygens (including phenoxy) is 1. The van der Waals surface area contributed by atoms with Crippen molar-refractivity contribution < 1.29 is 4.74 Å². The van der Waals surface area contributed by atoms with E-state index >= 15 is 0 Å². The van der Waals surface area contributed by atoms with Gasteiger partial charge in [-0.05, 0) is 24.1 Å². The van der Waals surface area contributed by atoms with Gasteiger partial charge in [-0.1, -0.05) is 38.3 Å². The molecule has 0 aliphatic rings. The summed E-state index contributed by atoms with van der Waals surface area (Å²) in [6.07, 6.45) is 4.76. The molecular formula is C13H22ClNO. The maximum absolute atomic E-state index is 6.10. The summed E-state index contributed by atoms with van der Waals surface area (Å²) < 4.78 is 5.18. The van der Waals surface area contributed by atoms with Crippen molar-refractivity contribution >= 4 is 12.4 Å². The molecule has 1 aromatic carbocycles. The average molecular weight is 244 g/mol. The van der Waals surface area contributed by atoms with Gasteiger partial charge in [0.1, 0.15) is 5.75 Å². The lowest BCUT2D eigenvalue weighted by Crippen LogP contribution is -2.10. The zero-order chi connectivity index (χ0) is 11.1. The van der Waals surface area contributed by atoms with E-state index in [-0.39, 0.29) is 18.4 Å². The fourth-order valence-corrected chi connectivity index (χ4v) is 1.65. The molecule has 1 atom stereocenters. The van der Waals surface area contributed by atoms with Crippen LogP contribution in [-0.4, -0.2) is 7.11 Å². The number of unbranched alkanes of at least 4 members (excludes halogenated alkanes) is 2. The number of rotatable bonds is 6. The quantitative estimate of drug-likeness (QED) is 0.774. The van der Waals surface area contributed by atoms with Crippen LogP contribution in [0.4, 0.5) is 0 Å². The summed E-state index contributed by atoms with van der Waals surface area (Å²) in [5.41, 5.74) is 7.28. The first kappa shape index (κ1) is 15.3. The Morgan fingerprint density at radius 1 is 1.31 bits per heavy atom. The van der Waals surface area contributed by atoms with Crippen molar-refractivity contribution in [2.45, 2.75) is 38.6 Å². The fraction of sp³-hybridized carbons (Fsp3) is 0.538. The van der Waals surface area contributed by atoms with E-state index in [2.05, 4.69) is 13.0 Å². The van der Waals surface area contributed by atoms with Gasteiger partial charge in [0.05, 0.1) is 7.11 Å². The molecular weight excluding hydrogens is 222 g/mol. The topological polar surface area (TPSA) is 35.2 Å². The lowest BCUT2D eigenvalue weighted by Gasteiger charge is -2.12. The SMILES string of the molecule is CCCCC[C@H](N)c1cccc(OC)c1.Cl. The molecule has 2 N–H and O–H groups in total. The molecule has 0 amide bonds. The molecule has 3 heteroatoms. The van der Waals surface area contributed by atoms with E-state index in [4.69, 9.17) is 10.5 Å². The van der Waals surface area contributed by atoms with Crippen LogP contribution in [0, 0.1) is 0 Å². The molecule has 0 unspecified atom stereocenters. The number of hydrogen-bond acceptors (Lipinski definition) is 2. The summed E-state index contributed by atoms with van der Waals surface area (Å²) in [6, 6.07) is 8.18. The van der Waals surface area contributed by atoms with Crippen LogP contribution in [0.1, 0.15) is 44.2 Å². The van der Waals surface area contributed by atoms with Crippen molar-refractivity contribution in [1.29, 1.82) is 0 Å². The van der Waals surface area contributed by atoms with E-state index in [9.17, 15) is 0 Å². The Bertz CT molecular complexity index is 291. The van der Waals surface area contributed by atoms with Gasteiger partial charge in [0.2, 0.25) is 0 Å². The Kier molecular flexibility index (Phi) is 8.04. The minimum Gasteiger partial charge on any atom is -0.497 e. The Morgan fingerprint density at radius 2 is 2.06 bits per heavy atom. The van der Waals surface area contributed by atoms with Crippen molar-refractivity contribution in [2.75, 3.05) is 7.11 Å². The molecule has 0 saturated heterocycles. The van der Waals surface area contributed by atoms with Crippen LogP contribution in [0.5, 0.6) is 5.75 Å². The zero-order valence-corrected chi connectivity index (χ0v) is 10.9. The highest BCUT2D eigenvalue weighted by atomic mass is 35.5. The van der Waals surface area contributed by atoms with Crippen LogP contribution in [0.25, 0.3) is 0 Å². The molecule has 0 aliphatic heterocycles. The molecule has 0 radical (unpaired) electrons. The second-order valence-electron chi connectivity index (χ2n) is 3.88. The molecule has 0 saturated carbocycles. The van der Waals surface area contributed by atoms with E-state index in [1.54, 1.807) is 7.11 Å². The minimum absolute atomic E-state index is 0. The average Bonchev–Trinajstić information content (AvgIpc) is 2.29. The standard InChI is InChI=1S/C13H21NO.ClH/c1-3-4-5-9-13(14)11-7-6-8-12(10-11)15-2;/h6-8,10,13H,3-5,9,14H2,1-2H3;1H/t13-;/m0./s1. The number of nitrogens with two attached hydrogens (primary N) is 1. The number of methoxy groups -OCH3 is 1. The van der Waals surface area contributed by atoms with Crippen molar-refractivity contribution in [3.8, 4) is 5.75 Å². The van der Waals surface area contributed by atoms with Gasteiger partial charge < -0.3 is 10.5 Å². The van der Waals surface area contributed by atoms with E-state index in [0.29, 0.717) is 0 Å². The highest BCUT2D eigenvalue weighted by Crippen LogP contribution is 2.21. The van der Waals surface area contributed by atoms with Gasteiger partial charge in [-0.15, -0.1) is 12.4 Å². The summed E-state index contributed by atoms with van der Waals surface area (Å²) in [6.45, 7) is 2.21. The molecule has 0 heterocycles. The first-order valence-electron chi connectivity index (χ1n) is 5.67. The first-order chi connectivity index (χ1) is 7.27. The highest BCUT2D eigenvalue weighted by molar-refractivity contribution is 5.85. The molecule has 0 spiro atoms. The summed E-state index contributed by atoms with van der Waals surface area (Å²) in [5, 5.41) is 0. The maximum Gasteiger partial charge on any atom is 0.119 e. The summed E-state index contributed by atoms with van der Waals surface area (Å²) >= 11 is 0. The zero-order valence-electron chi connectivity index (χ0n) is 10.1. The van der Waals surface area contributed by atoms with Gasteiger partial charge in [-0.25, -0.2) is 0 Å². The Hall–Kier alpha value is -0.730. The lowest BCUT2D eigenvalue weighted by atomic mass is 10.0. The second kappa shape index (κ2) is 8.43. The van der Waals surface area contributed by atoms with E-state index in [0.717, 1.165) is 12.2 Å². The maximum atomic E-state index is 6.10. The summed E-state index contributed by atoms with van der Waals surface area (Å²) in [7, 11) is 1.68.